The minimum absolute atomic E-state index is 0.335. The van der Waals surface area contributed by atoms with Crippen LogP contribution in [0.25, 0.3) is 11.1 Å². The second kappa shape index (κ2) is 6.46. The van der Waals surface area contributed by atoms with Gasteiger partial charge in [-0.15, -0.1) is 5.10 Å². The third kappa shape index (κ3) is 3.10. The van der Waals surface area contributed by atoms with Gasteiger partial charge in [0.05, 0.1) is 6.10 Å². The first-order valence-electron chi connectivity index (χ1n) is 8.23. The highest BCUT2D eigenvalue weighted by molar-refractivity contribution is 5.98. The highest BCUT2D eigenvalue weighted by atomic mass is 19.1. The lowest BCUT2D eigenvalue weighted by atomic mass is 9.89. The van der Waals surface area contributed by atoms with E-state index >= 15 is 0 Å². The van der Waals surface area contributed by atoms with Crippen molar-refractivity contribution in [2.45, 2.75) is 32.8 Å². The van der Waals surface area contributed by atoms with Gasteiger partial charge in [0.15, 0.2) is 5.84 Å². The van der Waals surface area contributed by atoms with Crippen molar-refractivity contribution in [3.05, 3.63) is 57.9 Å². The molecule has 0 saturated heterocycles. The minimum atomic E-state index is -0.724. The van der Waals surface area contributed by atoms with Gasteiger partial charge in [-0.1, -0.05) is 6.07 Å². The molecule has 0 spiro atoms. The van der Waals surface area contributed by atoms with Gasteiger partial charge >= 0.3 is 0 Å². The molecule has 2 aromatic rings. The Morgan fingerprint density at radius 2 is 1.92 bits per heavy atom. The Hall–Kier alpha value is -2.44. The van der Waals surface area contributed by atoms with Crippen LogP contribution in [0.2, 0.25) is 0 Å². The van der Waals surface area contributed by atoms with Crippen molar-refractivity contribution in [1.29, 1.82) is 0 Å². The first-order chi connectivity index (χ1) is 11.8. The van der Waals surface area contributed by atoms with Crippen LogP contribution in [0.4, 0.5) is 4.39 Å². The fourth-order valence-corrected chi connectivity index (χ4v) is 3.69. The van der Waals surface area contributed by atoms with E-state index in [0.717, 1.165) is 33.4 Å². The van der Waals surface area contributed by atoms with E-state index in [1.807, 2.05) is 26.0 Å². The molecule has 0 bridgehead atoms. The molecule has 0 amide bonds. The van der Waals surface area contributed by atoms with Gasteiger partial charge in [-0.25, -0.2) is 15.4 Å². The Morgan fingerprint density at radius 3 is 2.52 bits per heavy atom. The average Bonchev–Trinajstić information content (AvgIpc) is 2.91. The highest BCUT2D eigenvalue weighted by Gasteiger charge is 2.27. The fraction of sp³-hybridized carbons (Fsp3) is 0.316. The van der Waals surface area contributed by atoms with Gasteiger partial charge in [0.1, 0.15) is 5.82 Å². The topological polar surface area (TPSA) is 87.9 Å². The van der Waals surface area contributed by atoms with Crippen molar-refractivity contribution in [3.8, 4) is 11.1 Å². The van der Waals surface area contributed by atoms with E-state index in [0.29, 0.717) is 24.2 Å². The number of aliphatic hydroxyl groups excluding tert-OH is 1. The second-order valence-corrected chi connectivity index (χ2v) is 6.59. The monoisotopic (exact) mass is 342 g/mol. The van der Waals surface area contributed by atoms with Gasteiger partial charge < -0.3 is 10.8 Å². The maximum absolute atomic E-state index is 14.1. The van der Waals surface area contributed by atoms with E-state index in [1.165, 1.54) is 11.2 Å². The molecule has 5 nitrogen and oxygen atoms in total. The number of aryl methyl sites for hydroxylation is 2. The van der Waals surface area contributed by atoms with Crippen LogP contribution in [0, 0.1) is 19.7 Å². The zero-order valence-corrected chi connectivity index (χ0v) is 14.7. The van der Waals surface area contributed by atoms with Gasteiger partial charge in [0, 0.05) is 18.2 Å². The third-order valence-corrected chi connectivity index (χ3v) is 4.67. The summed E-state index contributed by atoms with van der Waals surface area (Å²) in [6.07, 6.45) is 0.505. The number of aliphatic hydroxyl groups is 1. The number of rotatable bonds is 3. The van der Waals surface area contributed by atoms with Crippen molar-refractivity contribution < 1.29 is 9.50 Å². The SMILES string of the molecule is Cc1cc(/C(N)=N/N(C)N)cc(C)c1-c1ccc(F)c2c1CC[C@@H]2O. The zero-order valence-electron chi connectivity index (χ0n) is 14.7. The highest BCUT2D eigenvalue weighted by Crippen LogP contribution is 2.41. The normalized spacial score (nSPS) is 16.9. The van der Waals surface area contributed by atoms with Crippen LogP contribution in [-0.2, 0) is 6.42 Å². The van der Waals surface area contributed by atoms with Crippen molar-refractivity contribution in [3.63, 3.8) is 0 Å². The van der Waals surface area contributed by atoms with E-state index in [-0.39, 0.29) is 5.82 Å². The number of nitrogens with two attached hydrogens (primary N) is 2. The van der Waals surface area contributed by atoms with Gasteiger partial charge in [-0.2, -0.15) is 0 Å². The van der Waals surface area contributed by atoms with E-state index in [4.69, 9.17) is 11.6 Å². The third-order valence-electron chi connectivity index (χ3n) is 4.67. The Morgan fingerprint density at radius 1 is 1.28 bits per heavy atom. The molecule has 0 saturated carbocycles. The molecule has 1 aliphatic rings. The number of benzene rings is 2. The molecule has 6 heteroatoms. The molecule has 0 unspecified atom stereocenters. The molecule has 0 radical (unpaired) electrons. The van der Waals surface area contributed by atoms with Crippen molar-refractivity contribution in [1.82, 2.24) is 5.12 Å². The molecule has 0 heterocycles. The maximum atomic E-state index is 14.1. The predicted octanol–water partition coefficient (Wildman–Crippen LogP) is 2.51. The molecule has 0 aromatic heterocycles. The number of nitrogens with zero attached hydrogens (tertiary/aromatic N) is 2. The summed E-state index contributed by atoms with van der Waals surface area (Å²) in [6.45, 7) is 3.98. The van der Waals surface area contributed by atoms with E-state index in [9.17, 15) is 9.50 Å². The zero-order chi connectivity index (χ0) is 18.3. The van der Waals surface area contributed by atoms with Crippen molar-refractivity contribution in [2.24, 2.45) is 16.7 Å². The molecule has 1 aliphatic carbocycles. The number of hydrogen-bond acceptors (Lipinski definition) is 4. The summed E-state index contributed by atoms with van der Waals surface area (Å²) in [5.41, 5.74) is 12.2. The summed E-state index contributed by atoms with van der Waals surface area (Å²) in [5, 5.41) is 15.3. The van der Waals surface area contributed by atoms with Crippen LogP contribution < -0.4 is 11.6 Å². The largest absolute Gasteiger partial charge is 0.388 e. The predicted molar refractivity (Wildman–Crippen MR) is 97.3 cm³/mol. The molecule has 1 atom stereocenters. The quantitative estimate of drug-likeness (QED) is 0.346. The molecule has 0 fully saturated rings. The first-order valence-corrected chi connectivity index (χ1v) is 8.23. The van der Waals surface area contributed by atoms with E-state index < -0.39 is 6.10 Å². The van der Waals surface area contributed by atoms with E-state index in [1.54, 1.807) is 13.1 Å². The Bertz CT molecular complexity index is 838. The maximum Gasteiger partial charge on any atom is 0.152 e. The van der Waals surface area contributed by atoms with Gasteiger partial charge in [0.2, 0.25) is 0 Å². The van der Waals surface area contributed by atoms with Crippen molar-refractivity contribution in [2.75, 3.05) is 7.05 Å². The molecular weight excluding hydrogens is 319 g/mol. The Labute approximate surface area is 146 Å². The summed E-state index contributed by atoms with van der Waals surface area (Å²) in [4.78, 5) is 0. The molecule has 5 N–H and O–H groups in total. The van der Waals surface area contributed by atoms with Gasteiger partial charge in [-0.3, -0.25) is 0 Å². The van der Waals surface area contributed by atoms with Crippen LogP contribution in [0.15, 0.2) is 29.4 Å². The summed E-state index contributed by atoms with van der Waals surface area (Å²) < 4.78 is 14.1. The smallest absolute Gasteiger partial charge is 0.152 e. The van der Waals surface area contributed by atoms with Crippen LogP contribution in [0.3, 0.4) is 0 Å². The van der Waals surface area contributed by atoms with Crippen LogP contribution in [0.5, 0.6) is 0 Å². The van der Waals surface area contributed by atoms with E-state index in [2.05, 4.69) is 5.10 Å². The van der Waals surface area contributed by atoms with Gasteiger partial charge in [0.25, 0.3) is 0 Å². The number of halogens is 1. The molecular formula is C19H23FN4O. The summed E-state index contributed by atoms with van der Waals surface area (Å²) in [6, 6.07) is 7.14. The molecule has 25 heavy (non-hydrogen) atoms. The lowest BCUT2D eigenvalue weighted by molar-refractivity contribution is 0.176. The molecule has 0 aliphatic heterocycles. The van der Waals surface area contributed by atoms with Crippen molar-refractivity contribution >= 4 is 5.84 Å². The minimum Gasteiger partial charge on any atom is -0.388 e. The standard InChI is InChI=1S/C19H23FN4O/c1-10-8-12(19(21)23-24(3)22)9-11(2)17(10)13-4-6-15(20)18-14(13)5-7-16(18)25/h4,6,8-9,16,25H,5,7,22H2,1-3H3,(H2,21,23)/t16-/m0/s1. The number of fused-ring (bicyclic) bond motifs is 1. The lowest BCUT2D eigenvalue weighted by Crippen LogP contribution is -2.25. The van der Waals surface area contributed by atoms with Crippen LogP contribution in [0.1, 0.15) is 40.3 Å². The average molecular weight is 342 g/mol. The molecule has 132 valence electrons. The Balaban J connectivity index is 2.15. The first kappa shape index (κ1) is 17.4. The Kier molecular flexibility index (Phi) is 4.49. The summed E-state index contributed by atoms with van der Waals surface area (Å²) in [7, 11) is 1.61. The summed E-state index contributed by atoms with van der Waals surface area (Å²) in [5.74, 6) is 5.52. The number of hydrazone groups is 1. The second-order valence-electron chi connectivity index (χ2n) is 6.59. The number of hydrazine groups is 1. The summed E-state index contributed by atoms with van der Waals surface area (Å²) >= 11 is 0. The fourth-order valence-electron chi connectivity index (χ4n) is 3.69. The number of amidine groups is 1. The van der Waals surface area contributed by atoms with Crippen LogP contribution in [-0.4, -0.2) is 23.1 Å². The van der Waals surface area contributed by atoms with Crippen LogP contribution >= 0.6 is 0 Å². The number of hydrogen-bond donors (Lipinski definition) is 3. The molecule has 3 rings (SSSR count). The van der Waals surface area contributed by atoms with Gasteiger partial charge in [-0.05, 0) is 72.7 Å². The lowest BCUT2D eigenvalue weighted by Gasteiger charge is -2.17. The molecule has 2 aromatic carbocycles.